The summed E-state index contributed by atoms with van der Waals surface area (Å²) in [6, 6.07) is 19.7. The van der Waals surface area contributed by atoms with Gasteiger partial charge in [0.1, 0.15) is 5.69 Å². The highest BCUT2D eigenvalue weighted by atomic mass is 16.2. The molecule has 0 aliphatic carbocycles. The molecule has 0 radical (unpaired) electrons. The second-order valence-corrected chi connectivity index (χ2v) is 7.02. The van der Waals surface area contributed by atoms with Crippen LogP contribution in [0.4, 0.5) is 11.6 Å². The number of carbonyl (C=O) groups is 1. The molecule has 29 heavy (non-hydrogen) atoms. The maximum absolute atomic E-state index is 13.0. The van der Waals surface area contributed by atoms with E-state index in [-0.39, 0.29) is 5.91 Å². The van der Waals surface area contributed by atoms with E-state index in [1.165, 1.54) is 11.1 Å². The fraction of sp³-hybridized carbons (Fsp3) is 0.130. The van der Waals surface area contributed by atoms with Crippen molar-refractivity contribution in [3.8, 4) is 0 Å². The molecular weight excluding hydrogens is 362 g/mol. The molecule has 0 saturated carbocycles. The largest absolute Gasteiger partial charge is 0.333 e. The van der Waals surface area contributed by atoms with Crippen LogP contribution in [0.2, 0.25) is 0 Å². The van der Waals surface area contributed by atoms with E-state index in [2.05, 4.69) is 32.4 Å². The smallest absolute Gasteiger partial charge is 0.272 e. The van der Waals surface area contributed by atoms with Crippen molar-refractivity contribution < 1.29 is 4.79 Å². The van der Waals surface area contributed by atoms with E-state index in [1.807, 2.05) is 47.4 Å². The fourth-order valence-corrected chi connectivity index (χ4v) is 3.69. The second-order valence-electron chi connectivity index (χ2n) is 7.02. The quantitative estimate of drug-likeness (QED) is 0.581. The van der Waals surface area contributed by atoms with Crippen LogP contribution in [-0.2, 0) is 13.0 Å². The van der Waals surface area contributed by atoms with Gasteiger partial charge in [-0.25, -0.2) is 9.97 Å². The fourth-order valence-electron chi connectivity index (χ4n) is 3.69. The van der Waals surface area contributed by atoms with E-state index in [9.17, 15) is 4.79 Å². The molecule has 6 nitrogen and oxygen atoms in total. The highest BCUT2D eigenvalue weighted by molar-refractivity contribution is 5.93. The maximum Gasteiger partial charge on any atom is 0.272 e. The van der Waals surface area contributed by atoms with Crippen molar-refractivity contribution in [3.63, 3.8) is 0 Å². The minimum absolute atomic E-state index is 0.0824. The monoisotopic (exact) mass is 381 g/mol. The molecule has 3 heterocycles. The number of para-hydroxylation sites is 1. The molecule has 0 unspecified atom stereocenters. The lowest BCUT2D eigenvalue weighted by atomic mass is 10.00. The Labute approximate surface area is 168 Å². The van der Waals surface area contributed by atoms with Gasteiger partial charge in [-0.15, -0.1) is 0 Å². The lowest BCUT2D eigenvalue weighted by Crippen LogP contribution is -2.36. The molecule has 2 aromatic carbocycles. The molecule has 1 aliphatic heterocycles. The van der Waals surface area contributed by atoms with Gasteiger partial charge in [-0.05, 0) is 35.7 Å². The Morgan fingerprint density at radius 2 is 1.76 bits per heavy atom. The third-order valence-corrected chi connectivity index (χ3v) is 5.17. The summed E-state index contributed by atoms with van der Waals surface area (Å²) in [6.07, 6.45) is 4.22. The minimum Gasteiger partial charge on any atom is -0.333 e. The van der Waals surface area contributed by atoms with Crippen molar-refractivity contribution >= 4 is 28.4 Å². The summed E-state index contributed by atoms with van der Waals surface area (Å²) in [5.41, 5.74) is 4.53. The van der Waals surface area contributed by atoms with Crippen molar-refractivity contribution in [3.05, 3.63) is 89.9 Å². The number of anilines is 2. The molecule has 0 bridgehead atoms. The molecule has 2 aromatic heterocycles. The molecule has 4 aromatic rings. The second kappa shape index (κ2) is 7.31. The van der Waals surface area contributed by atoms with Crippen LogP contribution in [0.5, 0.6) is 0 Å². The normalized spacial score (nSPS) is 13.2. The number of amides is 1. The van der Waals surface area contributed by atoms with E-state index in [1.54, 1.807) is 18.5 Å². The molecule has 0 atom stereocenters. The van der Waals surface area contributed by atoms with Crippen molar-refractivity contribution in [2.24, 2.45) is 0 Å². The Balaban J connectivity index is 1.39. The van der Waals surface area contributed by atoms with Crippen molar-refractivity contribution in [1.29, 1.82) is 0 Å². The zero-order valence-corrected chi connectivity index (χ0v) is 15.7. The number of benzene rings is 2. The number of hydrogen-bond acceptors (Lipinski definition) is 5. The number of pyridine rings is 1. The van der Waals surface area contributed by atoms with Gasteiger partial charge in [-0.1, -0.05) is 42.5 Å². The van der Waals surface area contributed by atoms with E-state index < -0.39 is 0 Å². The first-order valence-electron chi connectivity index (χ1n) is 9.58. The van der Waals surface area contributed by atoms with Crippen LogP contribution in [-0.4, -0.2) is 32.3 Å². The standard InChI is InChI=1S/C23H19N5O/c29-22(28-14-11-16-5-1-2-6-18(16)15-28)20-10-13-25-23(27-20)26-19-9-3-7-17-8-4-12-24-21(17)19/h1-10,12-13H,11,14-15H2,(H,25,26,27). The van der Waals surface area contributed by atoms with E-state index in [0.717, 1.165) is 23.0 Å². The lowest BCUT2D eigenvalue weighted by Gasteiger charge is -2.28. The molecule has 1 N–H and O–H groups in total. The summed E-state index contributed by atoms with van der Waals surface area (Å²) >= 11 is 0. The zero-order valence-electron chi connectivity index (χ0n) is 15.7. The topological polar surface area (TPSA) is 71.0 Å². The van der Waals surface area contributed by atoms with E-state index in [4.69, 9.17) is 0 Å². The number of nitrogens with zero attached hydrogens (tertiary/aromatic N) is 4. The van der Waals surface area contributed by atoms with Gasteiger partial charge >= 0.3 is 0 Å². The van der Waals surface area contributed by atoms with Gasteiger partial charge in [-0.2, -0.15) is 0 Å². The number of fused-ring (bicyclic) bond motifs is 2. The summed E-state index contributed by atoms with van der Waals surface area (Å²) < 4.78 is 0. The van der Waals surface area contributed by atoms with Gasteiger partial charge in [-0.3, -0.25) is 9.78 Å². The van der Waals surface area contributed by atoms with Crippen LogP contribution < -0.4 is 5.32 Å². The first kappa shape index (κ1) is 17.3. The van der Waals surface area contributed by atoms with Crippen molar-refractivity contribution in [1.82, 2.24) is 19.9 Å². The molecule has 0 spiro atoms. The molecule has 1 aliphatic rings. The van der Waals surface area contributed by atoms with Crippen LogP contribution in [0.15, 0.2) is 73.1 Å². The third-order valence-electron chi connectivity index (χ3n) is 5.17. The van der Waals surface area contributed by atoms with Gasteiger partial charge in [0.05, 0.1) is 11.2 Å². The number of hydrogen-bond donors (Lipinski definition) is 1. The first-order valence-corrected chi connectivity index (χ1v) is 9.58. The lowest BCUT2D eigenvalue weighted by molar-refractivity contribution is 0.0728. The van der Waals surface area contributed by atoms with Gasteiger partial charge in [0, 0.05) is 30.9 Å². The van der Waals surface area contributed by atoms with Crippen LogP contribution in [0.1, 0.15) is 21.6 Å². The first-order chi connectivity index (χ1) is 14.3. The minimum atomic E-state index is -0.0824. The summed E-state index contributed by atoms with van der Waals surface area (Å²) in [5, 5.41) is 4.23. The van der Waals surface area contributed by atoms with Crippen LogP contribution in [0.25, 0.3) is 10.9 Å². The highest BCUT2D eigenvalue weighted by Gasteiger charge is 2.22. The summed E-state index contributed by atoms with van der Waals surface area (Å²) in [7, 11) is 0. The predicted octanol–water partition coefficient (Wildman–Crippen LogP) is 3.97. The van der Waals surface area contributed by atoms with Crippen molar-refractivity contribution in [2.75, 3.05) is 11.9 Å². The molecule has 5 rings (SSSR count). The summed E-state index contributed by atoms with van der Waals surface area (Å²) in [6.45, 7) is 1.30. The van der Waals surface area contributed by atoms with E-state index in [0.29, 0.717) is 24.7 Å². The average Bonchev–Trinajstić information content (AvgIpc) is 2.79. The zero-order chi connectivity index (χ0) is 19.6. The average molecular weight is 381 g/mol. The predicted molar refractivity (Wildman–Crippen MR) is 112 cm³/mol. The molecule has 142 valence electrons. The van der Waals surface area contributed by atoms with Gasteiger partial charge in [0.2, 0.25) is 5.95 Å². The number of aromatic nitrogens is 3. The summed E-state index contributed by atoms with van der Waals surface area (Å²) in [4.78, 5) is 28.0. The Bertz CT molecular complexity index is 1200. The Morgan fingerprint density at radius 3 is 2.69 bits per heavy atom. The maximum atomic E-state index is 13.0. The summed E-state index contributed by atoms with van der Waals surface area (Å²) in [5.74, 6) is 0.299. The van der Waals surface area contributed by atoms with Gasteiger partial charge in [0.25, 0.3) is 5.91 Å². The van der Waals surface area contributed by atoms with Crippen LogP contribution in [0, 0.1) is 0 Å². The number of nitrogens with one attached hydrogen (secondary N) is 1. The molecule has 0 fully saturated rings. The number of carbonyl (C=O) groups excluding carboxylic acids is 1. The van der Waals surface area contributed by atoms with Gasteiger partial charge in [0.15, 0.2) is 0 Å². The van der Waals surface area contributed by atoms with Gasteiger partial charge < -0.3 is 10.2 Å². The Hall–Kier alpha value is -3.80. The van der Waals surface area contributed by atoms with Crippen LogP contribution in [0.3, 0.4) is 0 Å². The molecule has 0 saturated heterocycles. The highest BCUT2D eigenvalue weighted by Crippen LogP contribution is 2.24. The Kier molecular flexibility index (Phi) is 4.37. The SMILES string of the molecule is O=C(c1ccnc(Nc2cccc3cccnc23)n1)N1CCc2ccccc2C1. The van der Waals surface area contributed by atoms with Crippen molar-refractivity contribution in [2.45, 2.75) is 13.0 Å². The molecule has 6 heteroatoms. The third kappa shape index (κ3) is 3.40. The Morgan fingerprint density at radius 1 is 0.897 bits per heavy atom. The van der Waals surface area contributed by atoms with E-state index >= 15 is 0 Å². The molecule has 1 amide bonds. The molecular formula is C23H19N5O. The number of rotatable bonds is 3. The van der Waals surface area contributed by atoms with Crippen LogP contribution >= 0.6 is 0 Å².